The molecule has 1 aromatic carbocycles. The summed E-state index contributed by atoms with van der Waals surface area (Å²) >= 11 is 0. The zero-order chi connectivity index (χ0) is 20.6. The number of likely N-dealkylation sites (N-methyl/N-ethyl adjacent to an activating group) is 1. The second-order valence-electron chi connectivity index (χ2n) is 7.47. The molecule has 29 heavy (non-hydrogen) atoms. The normalized spacial score (nSPS) is 15.4. The highest BCUT2D eigenvalue weighted by molar-refractivity contribution is 5.79. The van der Waals surface area contributed by atoms with E-state index >= 15 is 0 Å². The van der Waals surface area contributed by atoms with Crippen LogP contribution in [0.4, 0.5) is 10.2 Å². The van der Waals surface area contributed by atoms with Crippen LogP contribution in [0, 0.1) is 5.82 Å². The van der Waals surface area contributed by atoms with Crippen molar-refractivity contribution in [3.05, 3.63) is 59.5 Å². The average molecular weight is 399 g/mol. The van der Waals surface area contributed by atoms with E-state index in [1.165, 1.54) is 6.07 Å². The molecule has 0 aliphatic carbocycles. The monoisotopic (exact) mass is 398 g/mol. The summed E-state index contributed by atoms with van der Waals surface area (Å²) < 4.78 is 13.4. The molecule has 1 saturated heterocycles. The molecule has 0 bridgehead atoms. The highest BCUT2D eigenvalue weighted by Crippen LogP contribution is 2.14. The Hall–Kier alpha value is -2.67. The fraction of sp³-hybridized carbons (Fsp3) is 0.455. The Morgan fingerprint density at radius 3 is 2.62 bits per heavy atom. The molecule has 3 rings (SSSR count). The average Bonchev–Trinajstić information content (AvgIpc) is 2.72. The van der Waals surface area contributed by atoms with Crippen molar-refractivity contribution in [3.8, 4) is 0 Å². The number of hydrogen-bond donors (Lipinski definition) is 1. The maximum Gasteiger partial charge on any atom is 0.194 e. The van der Waals surface area contributed by atoms with E-state index in [9.17, 15) is 4.39 Å². The highest BCUT2D eigenvalue weighted by Gasteiger charge is 2.15. The fourth-order valence-corrected chi connectivity index (χ4v) is 3.35. The molecule has 1 aromatic heterocycles. The number of nitrogens with one attached hydrogen (secondary N) is 1. The molecule has 0 spiro atoms. The first-order chi connectivity index (χ1) is 14.0. The number of nitrogens with zero attached hydrogens (tertiary/aromatic N) is 5. The van der Waals surface area contributed by atoms with Crippen molar-refractivity contribution < 1.29 is 4.39 Å². The van der Waals surface area contributed by atoms with Gasteiger partial charge in [-0.1, -0.05) is 18.2 Å². The zero-order valence-corrected chi connectivity index (χ0v) is 17.6. The number of aliphatic imine (C=N–C) groups is 1. The molecular formula is C22H31FN6. The topological polar surface area (TPSA) is 47.0 Å². The van der Waals surface area contributed by atoms with Crippen molar-refractivity contribution in [3.63, 3.8) is 0 Å². The Morgan fingerprint density at radius 1 is 1.17 bits per heavy atom. The lowest BCUT2D eigenvalue weighted by molar-refractivity contribution is 0.312. The van der Waals surface area contributed by atoms with Crippen molar-refractivity contribution in [2.24, 2.45) is 4.99 Å². The van der Waals surface area contributed by atoms with Gasteiger partial charge < -0.3 is 20.0 Å². The summed E-state index contributed by atoms with van der Waals surface area (Å²) in [7, 11) is 4.11. The van der Waals surface area contributed by atoms with Crippen molar-refractivity contribution in [2.75, 3.05) is 51.7 Å². The van der Waals surface area contributed by atoms with Gasteiger partial charge in [0.25, 0.3) is 0 Å². The van der Waals surface area contributed by atoms with Gasteiger partial charge in [-0.15, -0.1) is 0 Å². The van der Waals surface area contributed by atoms with E-state index in [0.717, 1.165) is 55.6 Å². The minimum atomic E-state index is -0.218. The molecule has 2 heterocycles. The van der Waals surface area contributed by atoms with E-state index < -0.39 is 0 Å². The zero-order valence-electron chi connectivity index (χ0n) is 17.6. The van der Waals surface area contributed by atoms with Gasteiger partial charge in [0, 0.05) is 52.5 Å². The van der Waals surface area contributed by atoms with E-state index in [2.05, 4.69) is 39.3 Å². The number of hydrogen-bond acceptors (Lipinski definition) is 4. The molecule has 156 valence electrons. The van der Waals surface area contributed by atoms with Gasteiger partial charge >= 0.3 is 0 Å². The lowest BCUT2D eigenvalue weighted by atomic mass is 10.2. The predicted molar refractivity (Wildman–Crippen MR) is 117 cm³/mol. The van der Waals surface area contributed by atoms with Crippen LogP contribution in [0.2, 0.25) is 0 Å². The van der Waals surface area contributed by atoms with Crippen LogP contribution in [0.25, 0.3) is 0 Å². The van der Waals surface area contributed by atoms with E-state index in [0.29, 0.717) is 13.1 Å². The van der Waals surface area contributed by atoms with Gasteiger partial charge in [0.1, 0.15) is 11.6 Å². The largest absolute Gasteiger partial charge is 0.357 e. The van der Waals surface area contributed by atoms with Crippen molar-refractivity contribution in [1.29, 1.82) is 0 Å². The van der Waals surface area contributed by atoms with Gasteiger partial charge in [-0.05, 0) is 43.3 Å². The van der Waals surface area contributed by atoms with Gasteiger partial charge in [0.2, 0.25) is 0 Å². The Balaban J connectivity index is 1.61. The van der Waals surface area contributed by atoms with Gasteiger partial charge in [-0.3, -0.25) is 0 Å². The van der Waals surface area contributed by atoms with Crippen LogP contribution in [-0.2, 0) is 13.1 Å². The van der Waals surface area contributed by atoms with E-state index in [4.69, 9.17) is 4.99 Å². The highest BCUT2D eigenvalue weighted by atomic mass is 19.1. The molecule has 1 fully saturated rings. The minimum absolute atomic E-state index is 0.218. The SMILES string of the molecule is CCNC(=NCc1ccc(N2CCN(C)CC2)nc1)N(C)Cc1cccc(F)c1. The maximum absolute atomic E-state index is 13.4. The van der Waals surface area contributed by atoms with Crippen LogP contribution >= 0.6 is 0 Å². The van der Waals surface area contributed by atoms with Crippen LogP contribution < -0.4 is 10.2 Å². The smallest absolute Gasteiger partial charge is 0.194 e. The number of piperazine rings is 1. The molecule has 0 amide bonds. The lowest BCUT2D eigenvalue weighted by Gasteiger charge is -2.33. The summed E-state index contributed by atoms with van der Waals surface area (Å²) in [6.45, 7) is 8.10. The Bertz CT molecular complexity index is 799. The first-order valence-electron chi connectivity index (χ1n) is 10.2. The number of aromatic nitrogens is 1. The quantitative estimate of drug-likeness (QED) is 0.599. The number of guanidine groups is 1. The van der Waals surface area contributed by atoms with Crippen LogP contribution in [-0.4, -0.2) is 67.6 Å². The molecule has 0 unspecified atom stereocenters. The maximum atomic E-state index is 13.4. The second kappa shape index (κ2) is 10.2. The van der Waals surface area contributed by atoms with Crippen LogP contribution in [0.15, 0.2) is 47.6 Å². The van der Waals surface area contributed by atoms with Crippen molar-refractivity contribution >= 4 is 11.8 Å². The molecule has 6 nitrogen and oxygen atoms in total. The predicted octanol–water partition coefficient (Wildman–Crippen LogP) is 2.57. The number of pyridine rings is 1. The van der Waals surface area contributed by atoms with E-state index in [1.54, 1.807) is 12.1 Å². The number of halogens is 1. The van der Waals surface area contributed by atoms with Crippen LogP contribution in [0.3, 0.4) is 0 Å². The first kappa shape index (κ1) is 21.0. The fourth-order valence-electron chi connectivity index (χ4n) is 3.35. The molecule has 0 saturated carbocycles. The lowest BCUT2D eigenvalue weighted by Crippen LogP contribution is -2.44. The van der Waals surface area contributed by atoms with Gasteiger partial charge in [0.05, 0.1) is 6.54 Å². The molecule has 0 atom stereocenters. The molecule has 2 aromatic rings. The number of rotatable bonds is 6. The second-order valence-corrected chi connectivity index (χ2v) is 7.47. The third kappa shape index (κ3) is 6.15. The number of benzene rings is 1. The first-order valence-corrected chi connectivity index (χ1v) is 10.2. The third-order valence-electron chi connectivity index (χ3n) is 5.05. The summed E-state index contributed by atoms with van der Waals surface area (Å²) in [5.41, 5.74) is 1.98. The van der Waals surface area contributed by atoms with E-state index in [-0.39, 0.29) is 5.82 Å². The molecule has 1 aliphatic rings. The van der Waals surface area contributed by atoms with Gasteiger partial charge in [0.15, 0.2) is 5.96 Å². The van der Waals surface area contributed by atoms with Gasteiger partial charge in [-0.2, -0.15) is 0 Å². The summed E-state index contributed by atoms with van der Waals surface area (Å²) in [6.07, 6.45) is 1.91. The van der Waals surface area contributed by atoms with Crippen LogP contribution in [0.1, 0.15) is 18.1 Å². The molecule has 0 radical (unpaired) electrons. The molecule has 7 heteroatoms. The molecule has 1 N–H and O–H groups in total. The minimum Gasteiger partial charge on any atom is -0.357 e. The van der Waals surface area contributed by atoms with Crippen molar-refractivity contribution in [1.82, 2.24) is 20.1 Å². The summed E-state index contributed by atoms with van der Waals surface area (Å²) in [4.78, 5) is 16.0. The third-order valence-corrected chi connectivity index (χ3v) is 5.05. The van der Waals surface area contributed by atoms with Gasteiger partial charge in [-0.25, -0.2) is 14.4 Å². The number of anilines is 1. The molecule has 1 aliphatic heterocycles. The standard InChI is InChI=1S/C22H31FN6/c1-4-24-22(28(3)17-18-6-5-7-20(23)14-18)26-16-19-8-9-21(25-15-19)29-12-10-27(2)11-13-29/h5-9,14-15H,4,10-13,16-17H2,1-3H3,(H,24,26). The van der Waals surface area contributed by atoms with Crippen LogP contribution in [0.5, 0.6) is 0 Å². The van der Waals surface area contributed by atoms with E-state index in [1.807, 2.05) is 31.1 Å². The summed E-state index contributed by atoms with van der Waals surface area (Å²) in [5, 5.41) is 3.30. The summed E-state index contributed by atoms with van der Waals surface area (Å²) in [5.74, 6) is 1.60. The van der Waals surface area contributed by atoms with Crippen molar-refractivity contribution in [2.45, 2.75) is 20.0 Å². The summed E-state index contributed by atoms with van der Waals surface area (Å²) in [6, 6.07) is 10.9. The Labute approximate surface area is 173 Å². The Morgan fingerprint density at radius 2 is 1.97 bits per heavy atom. The Kier molecular flexibility index (Phi) is 7.41. The molecular weight excluding hydrogens is 367 g/mol.